The number of morpholine rings is 1. The number of carbonyl (C=O) groups is 2. The molecule has 2 saturated heterocycles. The molecule has 1 N–H and O–H groups in total. The second-order valence-electron chi connectivity index (χ2n) is 6.96. The number of hydrogen-bond donors (Lipinski definition) is 1. The number of hydrogen-bond acceptors (Lipinski definition) is 3. The van der Waals surface area contributed by atoms with E-state index in [2.05, 4.69) is 5.32 Å². The van der Waals surface area contributed by atoms with Crippen LogP contribution >= 0.6 is 0 Å². The highest BCUT2D eigenvalue weighted by Gasteiger charge is 2.49. The average molecular weight is 362 g/mol. The average Bonchev–Trinajstić information content (AvgIpc) is 2.73. The molecule has 0 bridgehead atoms. The van der Waals surface area contributed by atoms with Crippen molar-refractivity contribution in [1.29, 1.82) is 0 Å². The summed E-state index contributed by atoms with van der Waals surface area (Å²) in [4.78, 5) is 26.5. The molecule has 0 spiro atoms. The first-order valence-electron chi connectivity index (χ1n) is 9.17. The van der Waals surface area contributed by atoms with E-state index in [1.165, 1.54) is 0 Å². The Morgan fingerprint density at radius 2 is 1.81 bits per heavy atom. The lowest BCUT2D eigenvalue weighted by Gasteiger charge is -2.50. The van der Waals surface area contributed by atoms with Crippen LogP contribution in [0.3, 0.4) is 0 Å². The van der Waals surface area contributed by atoms with Gasteiger partial charge in [0.15, 0.2) is 0 Å². The molecule has 2 amide bonds. The van der Waals surface area contributed by atoms with Crippen LogP contribution in [0.4, 0.5) is 0 Å². The summed E-state index contributed by atoms with van der Waals surface area (Å²) in [6, 6.07) is 19.6. The van der Waals surface area contributed by atoms with Gasteiger partial charge in [-0.1, -0.05) is 60.7 Å². The van der Waals surface area contributed by atoms with E-state index in [4.69, 9.17) is 4.74 Å². The monoisotopic (exact) mass is 362 g/mol. The van der Waals surface area contributed by atoms with Gasteiger partial charge in [-0.2, -0.15) is 0 Å². The molecular formula is C22H22N2O3. The molecule has 2 aromatic rings. The van der Waals surface area contributed by atoms with Crippen LogP contribution in [0.25, 0.3) is 6.08 Å². The van der Waals surface area contributed by atoms with Crippen LogP contribution in [0.2, 0.25) is 0 Å². The van der Waals surface area contributed by atoms with Gasteiger partial charge in [-0.25, -0.2) is 0 Å². The van der Waals surface area contributed by atoms with Crippen molar-refractivity contribution in [2.24, 2.45) is 0 Å². The number of likely N-dealkylation sites (tertiary alicyclic amines) is 1. The van der Waals surface area contributed by atoms with Crippen LogP contribution in [-0.2, 0) is 19.9 Å². The molecule has 2 heterocycles. The van der Waals surface area contributed by atoms with Crippen molar-refractivity contribution in [2.45, 2.75) is 18.1 Å². The SMILES string of the molecule is O=C1CO[C@@H]2CN(C(=O)C=Cc3ccccc3)CC[C@@]2(c2ccccc2)N1. The minimum Gasteiger partial charge on any atom is -0.364 e. The summed E-state index contributed by atoms with van der Waals surface area (Å²) in [7, 11) is 0. The second-order valence-corrected chi connectivity index (χ2v) is 6.96. The normalized spacial score (nSPS) is 25.1. The van der Waals surface area contributed by atoms with Crippen LogP contribution in [-0.4, -0.2) is 42.5 Å². The standard InChI is InChI=1S/C22H22N2O3/c25-20-16-27-19-15-24(21(26)12-11-17-7-3-1-4-8-17)14-13-22(19,23-20)18-9-5-2-6-10-18/h1-12,19H,13-16H2,(H,23,25)/t19-,22+/m1/s1. The van der Waals surface area contributed by atoms with Crippen molar-refractivity contribution in [3.8, 4) is 0 Å². The predicted molar refractivity (Wildman–Crippen MR) is 103 cm³/mol. The maximum atomic E-state index is 12.6. The Morgan fingerprint density at radius 3 is 2.56 bits per heavy atom. The summed E-state index contributed by atoms with van der Waals surface area (Å²) in [5, 5.41) is 3.15. The van der Waals surface area contributed by atoms with Gasteiger partial charge < -0.3 is 15.0 Å². The number of nitrogens with zero attached hydrogens (tertiary/aromatic N) is 1. The van der Waals surface area contributed by atoms with Crippen LogP contribution in [0.15, 0.2) is 66.7 Å². The predicted octanol–water partition coefficient (Wildman–Crippen LogP) is 2.34. The molecular weight excluding hydrogens is 340 g/mol. The number of benzene rings is 2. The zero-order chi connectivity index (χ0) is 18.7. The largest absolute Gasteiger partial charge is 0.364 e. The number of rotatable bonds is 3. The highest BCUT2D eigenvalue weighted by molar-refractivity contribution is 5.92. The molecule has 2 aliphatic rings. The summed E-state index contributed by atoms with van der Waals surface area (Å²) in [5.74, 6) is -0.153. The Balaban J connectivity index is 1.52. The second kappa shape index (κ2) is 7.37. The molecule has 4 rings (SSSR count). The number of amides is 2. The van der Waals surface area contributed by atoms with Crippen LogP contribution in [0, 0.1) is 0 Å². The van der Waals surface area contributed by atoms with E-state index in [0.29, 0.717) is 19.5 Å². The van der Waals surface area contributed by atoms with Gasteiger partial charge in [0, 0.05) is 19.2 Å². The fourth-order valence-electron chi connectivity index (χ4n) is 3.89. The summed E-state index contributed by atoms with van der Waals surface area (Å²) < 4.78 is 5.87. The van der Waals surface area contributed by atoms with Crippen LogP contribution < -0.4 is 5.32 Å². The number of fused-ring (bicyclic) bond motifs is 1. The van der Waals surface area contributed by atoms with Gasteiger partial charge in [-0.05, 0) is 23.6 Å². The van der Waals surface area contributed by atoms with Crippen molar-refractivity contribution >= 4 is 17.9 Å². The van der Waals surface area contributed by atoms with Gasteiger partial charge in [0.1, 0.15) is 12.7 Å². The number of carbonyl (C=O) groups excluding carboxylic acids is 2. The minimum absolute atomic E-state index is 0.0289. The first-order valence-corrected chi connectivity index (χ1v) is 9.17. The summed E-state index contributed by atoms with van der Waals surface area (Å²) in [6.45, 7) is 1.04. The maximum Gasteiger partial charge on any atom is 0.246 e. The van der Waals surface area contributed by atoms with Gasteiger partial charge in [0.2, 0.25) is 11.8 Å². The van der Waals surface area contributed by atoms with Crippen molar-refractivity contribution in [1.82, 2.24) is 10.2 Å². The van der Waals surface area contributed by atoms with Gasteiger partial charge >= 0.3 is 0 Å². The molecule has 0 aliphatic carbocycles. The summed E-state index contributed by atoms with van der Waals surface area (Å²) in [5.41, 5.74) is 1.44. The maximum absolute atomic E-state index is 12.6. The van der Waals surface area contributed by atoms with Gasteiger partial charge in [-0.3, -0.25) is 9.59 Å². The minimum atomic E-state index is -0.573. The molecule has 0 saturated carbocycles. The summed E-state index contributed by atoms with van der Waals surface area (Å²) in [6.07, 6.45) is 3.79. The quantitative estimate of drug-likeness (QED) is 0.853. The van der Waals surface area contributed by atoms with Crippen LogP contribution in [0.5, 0.6) is 0 Å². The fourth-order valence-corrected chi connectivity index (χ4v) is 3.89. The van der Waals surface area contributed by atoms with E-state index in [9.17, 15) is 9.59 Å². The molecule has 0 aromatic heterocycles. The molecule has 2 aliphatic heterocycles. The van der Waals surface area contributed by atoms with Crippen LogP contribution in [0.1, 0.15) is 17.5 Å². The molecule has 2 atom stereocenters. The molecule has 0 unspecified atom stereocenters. The van der Waals surface area contributed by atoms with Crippen molar-refractivity contribution in [3.05, 3.63) is 77.9 Å². The Kier molecular flexibility index (Phi) is 4.77. The topological polar surface area (TPSA) is 58.6 Å². The fraction of sp³-hybridized carbons (Fsp3) is 0.273. The van der Waals surface area contributed by atoms with Gasteiger partial charge in [-0.15, -0.1) is 0 Å². The van der Waals surface area contributed by atoms with Gasteiger partial charge in [0.25, 0.3) is 0 Å². The Labute approximate surface area is 158 Å². The van der Waals surface area contributed by atoms with E-state index >= 15 is 0 Å². The molecule has 138 valence electrons. The third kappa shape index (κ3) is 3.51. The molecule has 2 fully saturated rings. The third-order valence-corrected chi connectivity index (χ3v) is 5.31. The lowest BCUT2D eigenvalue weighted by atomic mass is 9.77. The Morgan fingerprint density at radius 1 is 1.11 bits per heavy atom. The molecule has 5 nitrogen and oxygen atoms in total. The molecule has 0 radical (unpaired) electrons. The number of piperidine rings is 1. The zero-order valence-corrected chi connectivity index (χ0v) is 15.0. The van der Waals surface area contributed by atoms with Crippen molar-refractivity contribution in [2.75, 3.05) is 19.7 Å². The zero-order valence-electron chi connectivity index (χ0n) is 15.0. The van der Waals surface area contributed by atoms with Crippen molar-refractivity contribution in [3.63, 3.8) is 0 Å². The molecule has 27 heavy (non-hydrogen) atoms. The van der Waals surface area contributed by atoms with Crippen molar-refractivity contribution < 1.29 is 14.3 Å². The van der Waals surface area contributed by atoms with Gasteiger partial charge in [0.05, 0.1) is 5.54 Å². The van der Waals surface area contributed by atoms with E-state index < -0.39 is 5.54 Å². The molecule has 5 heteroatoms. The lowest BCUT2D eigenvalue weighted by molar-refractivity contribution is -0.156. The number of ether oxygens (including phenoxy) is 1. The third-order valence-electron chi connectivity index (χ3n) is 5.31. The first-order chi connectivity index (χ1) is 13.2. The Bertz CT molecular complexity index is 850. The van der Waals surface area contributed by atoms with E-state index in [1.807, 2.05) is 66.7 Å². The van der Waals surface area contributed by atoms with E-state index in [1.54, 1.807) is 11.0 Å². The molecule has 2 aromatic carbocycles. The Hall–Kier alpha value is -2.92. The van der Waals surface area contributed by atoms with E-state index in [-0.39, 0.29) is 24.5 Å². The number of nitrogens with one attached hydrogen (secondary N) is 1. The summed E-state index contributed by atoms with van der Waals surface area (Å²) >= 11 is 0. The lowest BCUT2D eigenvalue weighted by Crippen LogP contribution is -2.67. The smallest absolute Gasteiger partial charge is 0.246 e. The first kappa shape index (κ1) is 17.5. The highest BCUT2D eigenvalue weighted by atomic mass is 16.5. The van der Waals surface area contributed by atoms with E-state index in [0.717, 1.165) is 11.1 Å². The highest BCUT2D eigenvalue weighted by Crippen LogP contribution is 2.37.